The molecule has 0 aliphatic heterocycles. The molecule has 0 saturated heterocycles. The Morgan fingerprint density at radius 2 is 2.00 bits per heavy atom. The number of aliphatic hydroxyl groups is 1. The Balaban J connectivity index is 2.78. The van der Waals surface area contributed by atoms with Gasteiger partial charge in [-0.15, -0.1) is 10.2 Å². The van der Waals surface area contributed by atoms with Gasteiger partial charge >= 0.3 is 0 Å². The summed E-state index contributed by atoms with van der Waals surface area (Å²) in [6.07, 6.45) is 0.774. The molecule has 0 bridgehead atoms. The first-order chi connectivity index (χ1) is 7.36. The standard InChI is InChI=1S/C11H21N3O2/c1-5-6-7(12)8(15)9-13-14-10(16-9)11(2,3)4/h7-8,15H,5-6,12H2,1-4H3/t7?,8-/m0/s1. The molecular weight excluding hydrogens is 206 g/mol. The van der Waals surface area contributed by atoms with Crippen LogP contribution in [0, 0.1) is 0 Å². The van der Waals surface area contributed by atoms with Crippen LogP contribution in [0.5, 0.6) is 0 Å². The molecule has 0 aliphatic carbocycles. The van der Waals surface area contributed by atoms with E-state index in [2.05, 4.69) is 10.2 Å². The van der Waals surface area contributed by atoms with Gasteiger partial charge in [0.1, 0.15) is 6.10 Å². The fourth-order valence-electron chi connectivity index (χ4n) is 1.33. The maximum Gasteiger partial charge on any atom is 0.246 e. The number of aromatic nitrogens is 2. The van der Waals surface area contributed by atoms with Crippen LogP contribution in [0.25, 0.3) is 0 Å². The van der Waals surface area contributed by atoms with Crippen molar-refractivity contribution in [1.82, 2.24) is 10.2 Å². The monoisotopic (exact) mass is 227 g/mol. The molecule has 0 saturated carbocycles. The molecule has 0 spiro atoms. The van der Waals surface area contributed by atoms with E-state index in [0.29, 0.717) is 5.89 Å². The quantitative estimate of drug-likeness (QED) is 0.814. The number of nitrogens with two attached hydrogens (primary N) is 1. The first-order valence-corrected chi connectivity index (χ1v) is 5.63. The zero-order valence-electron chi connectivity index (χ0n) is 10.4. The largest absolute Gasteiger partial charge is 0.422 e. The fourth-order valence-corrected chi connectivity index (χ4v) is 1.33. The Morgan fingerprint density at radius 3 is 2.44 bits per heavy atom. The summed E-state index contributed by atoms with van der Waals surface area (Å²) >= 11 is 0. The molecule has 5 heteroatoms. The summed E-state index contributed by atoms with van der Waals surface area (Å²) in [5.74, 6) is 0.733. The van der Waals surface area contributed by atoms with Crippen molar-refractivity contribution in [3.63, 3.8) is 0 Å². The minimum absolute atomic E-state index is 0.209. The van der Waals surface area contributed by atoms with Gasteiger partial charge in [0.15, 0.2) is 0 Å². The van der Waals surface area contributed by atoms with Crippen LogP contribution in [0.3, 0.4) is 0 Å². The molecular formula is C11H21N3O2. The SMILES string of the molecule is CCCC(N)[C@H](O)c1nnc(C(C)(C)C)o1. The van der Waals surface area contributed by atoms with Gasteiger partial charge in [0, 0.05) is 11.5 Å². The first kappa shape index (κ1) is 13.1. The highest BCUT2D eigenvalue weighted by Gasteiger charge is 2.26. The van der Waals surface area contributed by atoms with Crippen molar-refractivity contribution in [2.24, 2.45) is 5.73 Å². The van der Waals surface area contributed by atoms with Crippen LogP contribution in [-0.4, -0.2) is 21.3 Å². The topological polar surface area (TPSA) is 85.2 Å². The number of hydrogen-bond acceptors (Lipinski definition) is 5. The zero-order chi connectivity index (χ0) is 12.3. The third-order valence-corrected chi connectivity index (χ3v) is 2.36. The summed E-state index contributed by atoms with van der Waals surface area (Å²) in [5.41, 5.74) is 5.59. The van der Waals surface area contributed by atoms with E-state index >= 15 is 0 Å². The second kappa shape index (κ2) is 4.93. The number of nitrogens with zero attached hydrogens (tertiary/aromatic N) is 2. The molecule has 1 heterocycles. The van der Waals surface area contributed by atoms with E-state index in [0.717, 1.165) is 12.8 Å². The number of hydrogen-bond donors (Lipinski definition) is 2. The average molecular weight is 227 g/mol. The summed E-state index contributed by atoms with van der Waals surface area (Å²) in [7, 11) is 0. The summed E-state index contributed by atoms with van der Waals surface area (Å²) < 4.78 is 5.43. The lowest BCUT2D eigenvalue weighted by molar-refractivity contribution is 0.108. The van der Waals surface area contributed by atoms with Gasteiger partial charge in [0.05, 0.1) is 0 Å². The van der Waals surface area contributed by atoms with E-state index in [4.69, 9.17) is 10.2 Å². The van der Waals surface area contributed by atoms with Crippen LogP contribution in [0.1, 0.15) is 58.4 Å². The normalized spacial score (nSPS) is 16.1. The third kappa shape index (κ3) is 3.02. The van der Waals surface area contributed by atoms with Gasteiger partial charge in [0.2, 0.25) is 11.8 Å². The molecule has 92 valence electrons. The molecule has 0 aromatic carbocycles. The van der Waals surface area contributed by atoms with Gasteiger partial charge in [-0.1, -0.05) is 34.1 Å². The number of aliphatic hydroxyl groups excluding tert-OH is 1. The predicted octanol–water partition coefficient (Wildman–Crippen LogP) is 1.53. The van der Waals surface area contributed by atoms with Crippen molar-refractivity contribution in [2.45, 2.75) is 58.1 Å². The molecule has 2 atom stereocenters. The molecule has 0 fully saturated rings. The van der Waals surface area contributed by atoms with Crippen LogP contribution in [0.4, 0.5) is 0 Å². The van der Waals surface area contributed by atoms with Gasteiger partial charge in [0.25, 0.3) is 0 Å². The Hall–Kier alpha value is -0.940. The van der Waals surface area contributed by atoms with E-state index in [1.807, 2.05) is 27.7 Å². The predicted molar refractivity (Wildman–Crippen MR) is 60.8 cm³/mol. The second-order valence-corrected chi connectivity index (χ2v) is 5.09. The molecule has 1 rings (SSSR count). The van der Waals surface area contributed by atoms with Crippen LogP contribution in [0.15, 0.2) is 4.42 Å². The Bertz CT molecular complexity index is 330. The summed E-state index contributed by atoms with van der Waals surface area (Å²) in [5, 5.41) is 17.6. The van der Waals surface area contributed by atoms with Crippen LogP contribution >= 0.6 is 0 Å². The van der Waals surface area contributed by atoms with E-state index in [1.54, 1.807) is 0 Å². The molecule has 0 amide bonds. The zero-order valence-corrected chi connectivity index (χ0v) is 10.4. The molecule has 16 heavy (non-hydrogen) atoms. The molecule has 1 aromatic rings. The van der Waals surface area contributed by atoms with Gasteiger partial charge in [-0.05, 0) is 6.42 Å². The minimum atomic E-state index is -0.872. The summed E-state index contributed by atoms with van der Waals surface area (Å²) in [6, 6.07) is -0.349. The van der Waals surface area contributed by atoms with Gasteiger partial charge in [-0.3, -0.25) is 0 Å². The molecule has 1 aromatic heterocycles. The van der Waals surface area contributed by atoms with E-state index in [9.17, 15) is 5.11 Å². The van der Waals surface area contributed by atoms with Crippen molar-refractivity contribution in [3.05, 3.63) is 11.8 Å². The lowest BCUT2D eigenvalue weighted by Gasteiger charge is -2.15. The smallest absolute Gasteiger partial charge is 0.246 e. The molecule has 3 N–H and O–H groups in total. The van der Waals surface area contributed by atoms with Crippen molar-refractivity contribution in [2.75, 3.05) is 0 Å². The Kier molecular flexibility index (Phi) is 4.04. The first-order valence-electron chi connectivity index (χ1n) is 5.63. The maximum atomic E-state index is 9.88. The Labute approximate surface area is 96.1 Å². The van der Waals surface area contributed by atoms with Gasteiger partial charge < -0.3 is 15.3 Å². The third-order valence-electron chi connectivity index (χ3n) is 2.36. The molecule has 0 radical (unpaired) electrons. The van der Waals surface area contributed by atoms with E-state index < -0.39 is 6.10 Å². The average Bonchev–Trinajstić information content (AvgIpc) is 2.65. The van der Waals surface area contributed by atoms with Crippen LogP contribution < -0.4 is 5.73 Å². The molecule has 0 aliphatic rings. The fraction of sp³-hybridized carbons (Fsp3) is 0.818. The van der Waals surface area contributed by atoms with Crippen molar-refractivity contribution in [1.29, 1.82) is 0 Å². The number of rotatable bonds is 4. The summed E-state index contributed by atoms with van der Waals surface area (Å²) in [6.45, 7) is 7.94. The highest BCUT2D eigenvalue weighted by molar-refractivity contribution is 4.98. The minimum Gasteiger partial charge on any atom is -0.422 e. The maximum absolute atomic E-state index is 9.88. The van der Waals surface area contributed by atoms with Crippen molar-refractivity contribution < 1.29 is 9.52 Å². The van der Waals surface area contributed by atoms with Crippen LogP contribution in [-0.2, 0) is 5.41 Å². The highest BCUT2D eigenvalue weighted by atomic mass is 16.4. The molecule has 5 nitrogen and oxygen atoms in total. The molecule has 1 unspecified atom stereocenters. The highest BCUT2D eigenvalue weighted by Crippen LogP contribution is 2.24. The lowest BCUT2D eigenvalue weighted by Crippen LogP contribution is -2.28. The van der Waals surface area contributed by atoms with Crippen molar-refractivity contribution >= 4 is 0 Å². The van der Waals surface area contributed by atoms with E-state index in [-0.39, 0.29) is 17.3 Å². The van der Waals surface area contributed by atoms with Gasteiger partial charge in [-0.25, -0.2) is 0 Å². The van der Waals surface area contributed by atoms with Crippen molar-refractivity contribution in [3.8, 4) is 0 Å². The lowest BCUT2D eigenvalue weighted by atomic mass is 9.97. The summed E-state index contributed by atoms with van der Waals surface area (Å²) in [4.78, 5) is 0. The van der Waals surface area contributed by atoms with Crippen LogP contribution in [0.2, 0.25) is 0 Å². The second-order valence-electron chi connectivity index (χ2n) is 5.09. The van der Waals surface area contributed by atoms with E-state index in [1.165, 1.54) is 0 Å². The Morgan fingerprint density at radius 1 is 1.38 bits per heavy atom. The van der Waals surface area contributed by atoms with Gasteiger partial charge in [-0.2, -0.15) is 0 Å².